The Balaban J connectivity index is 1.68. The number of rotatable bonds is 7. The largest absolute Gasteiger partial charge is 0.462 e. The minimum absolute atomic E-state index is 0.00628. The number of nitrogens with zero attached hydrogens (tertiary/aromatic N) is 4. The van der Waals surface area contributed by atoms with Crippen LogP contribution in [0.4, 0.5) is 11.4 Å². The number of hydrogen-bond donors (Lipinski definition) is 1. The molecule has 8 nitrogen and oxygen atoms in total. The van der Waals surface area contributed by atoms with E-state index in [4.69, 9.17) is 27.8 Å². The molecule has 1 N–H and O–H groups in total. The lowest BCUT2D eigenvalue weighted by molar-refractivity contribution is 0.277. The van der Waals surface area contributed by atoms with Gasteiger partial charge in [-0.3, -0.25) is 9.58 Å². The zero-order valence-corrected chi connectivity index (χ0v) is 19.9. The van der Waals surface area contributed by atoms with Crippen LogP contribution in [0.1, 0.15) is 25.5 Å². The summed E-state index contributed by atoms with van der Waals surface area (Å²) in [5.41, 5.74) is 1.91. The van der Waals surface area contributed by atoms with E-state index in [1.54, 1.807) is 38.4 Å². The molecule has 0 bridgehead atoms. The number of hydrogen-bond acceptors (Lipinski definition) is 6. The molecule has 3 heterocycles. The first-order valence-electron chi connectivity index (χ1n) is 10.1. The predicted octanol–water partition coefficient (Wildman–Crippen LogP) is 4.37. The second-order valence-corrected chi connectivity index (χ2v) is 10.3. The highest BCUT2D eigenvalue weighted by molar-refractivity contribution is 7.94. The average molecular weight is 486 g/mol. The van der Waals surface area contributed by atoms with Gasteiger partial charge < -0.3 is 9.73 Å². The topological polar surface area (TPSA) is 83.6 Å². The molecule has 11 heteroatoms. The number of sulfonamides is 1. The number of aryl methyl sites for hydroxylation is 2. The van der Waals surface area contributed by atoms with Crippen LogP contribution < -0.4 is 9.14 Å². The van der Waals surface area contributed by atoms with Gasteiger partial charge in [0.05, 0.1) is 23.3 Å². The quantitative estimate of drug-likeness (QED) is 0.500. The zero-order chi connectivity index (χ0) is 22.3. The van der Waals surface area contributed by atoms with Gasteiger partial charge in [0, 0.05) is 36.8 Å². The Hall–Kier alpha value is -1.94. The highest BCUT2D eigenvalue weighted by atomic mass is 35.5. The lowest BCUT2D eigenvalue weighted by atomic mass is 10.2. The molecule has 3 aromatic rings. The summed E-state index contributed by atoms with van der Waals surface area (Å²) in [4.78, 5) is 2.32. The van der Waals surface area contributed by atoms with E-state index in [9.17, 15) is 8.42 Å². The second kappa shape index (κ2) is 8.54. The van der Waals surface area contributed by atoms with Gasteiger partial charge in [0.25, 0.3) is 10.0 Å². The van der Waals surface area contributed by atoms with Gasteiger partial charge in [0.1, 0.15) is 10.0 Å². The molecule has 1 aromatic carbocycles. The number of halogens is 2. The smallest absolute Gasteiger partial charge is 0.283 e. The van der Waals surface area contributed by atoms with Crippen molar-refractivity contribution >= 4 is 55.7 Å². The number of furan rings is 1. The minimum Gasteiger partial charge on any atom is -0.462 e. The van der Waals surface area contributed by atoms with Gasteiger partial charge >= 0.3 is 0 Å². The Morgan fingerprint density at radius 1 is 1.39 bits per heavy atom. The fourth-order valence-electron chi connectivity index (χ4n) is 4.19. The molecular formula is C20H25Cl2N5O3S. The molecule has 1 atom stereocenters. The average Bonchev–Trinajstić information content (AvgIpc) is 3.44. The van der Waals surface area contributed by atoms with Crippen molar-refractivity contribution in [2.45, 2.75) is 37.6 Å². The maximum Gasteiger partial charge on any atom is 0.283 e. The Morgan fingerprint density at radius 3 is 2.84 bits per heavy atom. The predicted molar refractivity (Wildman–Crippen MR) is 123 cm³/mol. The standard InChI is InChI=1S/C20H25Cl2N5O3S/c1-4-26-8-5-6-15(26)12-23-17-11-16(10-14-7-9-30-18(14)17)27(22)31(28,29)19-13(2)24-25(3)20(19)21/h7,9-11,15,23H,4-6,8,12H2,1-3H3/t15-/m1/s1. The number of benzene rings is 1. The Morgan fingerprint density at radius 2 is 2.16 bits per heavy atom. The van der Waals surface area contributed by atoms with Gasteiger partial charge in [0.2, 0.25) is 0 Å². The fraction of sp³-hybridized carbons (Fsp3) is 0.450. The summed E-state index contributed by atoms with van der Waals surface area (Å²) in [5.74, 6) is 0. The van der Waals surface area contributed by atoms with Crippen LogP contribution in [0.25, 0.3) is 11.0 Å². The van der Waals surface area contributed by atoms with Gasteiger partial charge in [-0.15, -0.1) is 0 Å². The van der Waals surface area contributed by atoms with Crippen molar-refractivity contribution < 1.29 is 12.8 Å². The monoisotopic (exact) mass is 485 g/mol. The molecule has 0 radical (unpaired) electrons. The lowest BCUT2D eigenvalue weighted by Crippen LogP contribution is -2.34. The third-order valence-electron chi connectivity index (χ3n) is 5.74. The molecule has 0 spiro atoms. The van der Waals surface area contributed by atoms with Crippen LogP contribution in [0.5, 0.6) is 0 Å². The lowest BCUT2D eigenvalue weighted by Gasteiger charge is -2.24. The van der Waals surface area contributed by atoms with Crippen molar-refractivity contribution in [1.29, 1.82) is 0 Å². The summed E-state index contributed by atoms with van der Waals surface area (Å²) in [7, 11) is -2.55. The van der Waals surface area contributed by atoms with E-state index in [0.717, 1.165) is 31.4 Å². The first kappa shape index (κ1) is 22.3. The molecule has 0 saturated carbocycles. The molecular weight excluding hydrogens is 461 g/mol. The normalized spacial score (nSPS) is 17.5. The number of nitrogens with one attached hydrogen (secondary N) is 1. The van der Waals surface area contributed by atoms with Crippen LogP contribution in [0.15, 0.2) is 33.8 Å². The van der Waals surface area contributed by atoms with Crippen LogP contribution in [0, 0.1) is 6.92 Å². The SMILES string of the molecule is CCN1CCC[C@@H]1CNc1cc(N(Cl)S(=O)(=O)c2c(C)nn(C)c2Cl)cc2ccoc12. The molecule has 31 heavy (non-hydrogen) atoms. The summed E-state index contributed by atoms with van der Waals surface area (Å²) in [6.45, 7) is 6.57. The molecule has 1 saturated heterocycles. The Bertz CT molecular complexity index is 1210. The fourth-order valence-corrected chi connectivity index (χ4v) is 6.27. The molecule has 2 aromatic heterocycles. The zero-order valence-electron chi connectivity index (χ0n) is 17.6. The molecule has 1 aliphatic heterocycles. The first-order valence-corrected chi connectivity index (χ1v) is 12.3. The van der Waals surface area contributed by atoms with E-state index < -0.39 is 10.0 Å². The number of likely N-dealkylation sites (N-methyl/N-ethyl adjacent to an activating group) is 1. The third-order valence-corrected chi connectivity index (χ3v) is 8.66. The third kappa shape index (κ3) is 4.00. The van der Waals surface area contributed by atoms with Crippen LogP contribution in [-0.4, -0.2) is 48.8 Å². The van der Waals surface area contributed by atoms with Crippen LogP contribution in [-0.2, 0) is 17.1 Å². The van der Waals surface area contributed by atoms with Crippen molar-refractivity contribution in [1.82, 2.24) is 14.7 Å². The number of fused-ring (bicyclic) bond motifs is 1. The van der Waals surface area contributed by atoms with Crippen LogP contribution in [0.3, 0.4) is 0 Å². The summed E-state index contributed by atoms with van der Waals surface area (Å²) >= 11 is 12.6. The summed E-state index contributed by atoms with van der Waals surface area (Å²) in [5, 5.41) is 8.27. The van der Waals surface area contributed by atoms with Gasteiger partial charge in [-0.25, -0.2) is 0 Å². The van der Waals surface area contributed by atoms with E-state index in [-0.39, 0.29) is 21.4 Å². The second-order valence-electron chi connectivity index (χ2n) is 7.69. The van der Waals surface area contributed by atoms with Crippen molar-refractivity contribution in [3.05, 3.63) is 35.3 Å². The van der Waals surface area contributed by atoms with Crippen molar-refractivity contribution in [3.8, 4) is 0 Å². The maximum absolute atomic E-state index is 13.2. The molecule has 1 aliphatic rings. The van der Waals surface area contributed by atoms with Crippen LogP contribution >= 0.6 is 23.4 Å². The van der Waals surface area contributed by atoms with E-state index in [1.807, 2.05) is 0 Å². The Labute approximate surface area is 191 Å². The Kier molecular flexibility index (Phi) is 6.13. The van der Waals surface area contributed by atoms with E-state index in [2.05, 4.69) is 22.2 Å². The maximum atomic E-state index is 13.2. The van der Waals surface area contributed by atoms with Crippen molar-refractivity contribution in [3.63, 3.8) is 0 Å². The minimum atomic E-state index is -4.13. The molecule has 0 amide bonds. The van der Waals surface area contributed by atoms with Crippen molar-refractivity contribution in [2.24, 2.45) is 7.05 Å². The van der Waals surface area contributed by atoms with E-state index in [0.29, 0.717) is 21.1 Å². The summed E-state index contributed by atoms with van der Waals surface area (Å²) < 4.78 is 34.1. The highest BCUT2D eigenvalue weighted by Gasteiger charge is 2.32. The van der Waals surface area contributed by atoms with Gasteiger partial charge in [-0.2, -0.15) is 17.3 Å². The number of likely N-dealkylation sites (tertiary alicyclic amines) is 1. The highest BCUT2D eigenvalue weighted by Crippen LogP contribution is 2.36. The van der Waals surface area contributed by atoms with Crippen LogP contribution in [0.2, 0.25) is 5.15 Å². The van der Waals surface area contributed by atoms with Gasteiger partial charge in [-0.1, -0.05) is 18.5 Å². The van der Waals surface area contributed by atoms with E-state index >= 15 is 0 Å². The van der Waals surface area contributed by atoms with E-state index in [1.165, 1.54) is 11.1 Å². The van der Waals surface area contributed by atoms with Gasteiger partial charge in [-0.05, 0) is 51.1 Å². The van der Waals surface area contributed by atoms with Crippen molar-refractivity contribution in [2.75, 3.05) is 28.8 Å². The first-order chi connectivity index (χ1) is 14.7. The summed E-state index contributed by atoms with van der Waals surface area (Å²) in [6, 6.07) is 5.55. The number of anilines is 2. The summed E-state index contributed by atoms with van der Waals surface area (Å²) in [6.07, 6.45) is 3.87. The molecule has 0 aliphatic carbocycles. The number of aromatic nitrogens is 2. The molecule has 1 fully saturated rings. The molecule has 4 rings (SSSR count). The molecule has 0 unspecified atom stereocenters. The van der Waals surface area contributed by atoms with Gasteiger partial charge in [0.15, 0.2) is 5.58 Å². The molecule has 168 valence electrons.